The van der Waals surface area contributed by atoms with Crippen LogP contribution >= 0.6 is 11.6 Å². The van der Waals surface area contributed by atoms with Crippen molar-refractivity contribution >= 4 is 22.5 Å². The second-order valence-corrected chi connectivity index (χ2v) is 6.62. The van der Waals surface area contributed by atoms with Crippen molar-refractivity contribution < 1.29 is 0 Å². The van der Waals surface area contributed by atoms with E-state index in [0.29, 0.717) is 29.2 Å². The molecule has 0 radical (unpaired) electrons. The molecule has 2 aromatic carbocycles. The molecule has 1 atom stereocenters. The third kappa shape index (κ3) is 3.66. The standard InChI is InChI=1S/C19H20ClN3O/c1-12(2)18(13-7-9-14(20)10-8-13)21-11-17-22-16-6-4-3-5-15(16)19(24)23-17/h3-10,12,18,21H,11H2,1-2H3,(H,22,23,24)/t18-/m1/s1. The molecule has 2 N–H and O–H groups in total. The highest BCUT2D eigenvalue weighted by Gasteiger charge is 2.16. The highest BCUT2D eigenvalue weighted by Crippen LogP contribution is 2.23. The van der Waals surface area contributed by atoms with Crippen LogP contribution in [0.5, 0.6) is 0 Å². The zero-order valence-corrected chi connectivity index (χ0v) is 14.5. The quantitative estimate of drug-likeness (QED) is 0.735. The maximum Gasteiger partial charge on any atom is 0.258 e. The molecule has 1 aromatic heterocycles. The van der Waals surface area contributed by atoms with Gasteiger partial charge in [0.2, 0.25) is 0 Å². The van der Waals surface area contributed by atoms with Gasteiger partial charge in [-0.05, 0) is 35.7 Å². The van der Waals surface area contributed by atoms with Crippen LogP contribution < -0.4 is 10.9 Å². The van der Waals surface area contributed by atoms with Crippen molar-refractivity contribution in [2.75, 3.05) is 0 Å². The smallest absolute Gasteiger partial charge is 0.258 e. The Kier molecular flexibility index (Phi) is 4.97. The number of aromatic nitrogens is 2. The highest BCUT2D eigenvalue weighted by atomic mass is 35.5. The number of benzene rings is 2. The number of fused-ring (bicyclic) bond motifs is 1. The SMILES string of the molecule is CC(C)[C@@H](NCc1nc2ccccc2c(=O)[nH]1)c1ccc(Cl)cc1. The van der Waals surface area contributed by atoms with E-state index in [1.54, 1.807) is 6.07 Å². The Balaban J connectivity index is 1.82. The number of hydrogen-bond donors (Lipinski definition) is 2. The van der Waals surface area contributed by atoms with Gasteiger partial charge >= 0.3 is 0 Å². The minimum atomic E-state index is -0.106. The lowest BCUT2D eigenvalue weighted by Crippen LogP contribution is -2.27. The second-order valence-electron chi connectivity index (χ2n) is 6.18. The van der Waals surface area contributed by atoms with Crippen LogP contribution in [0.1, 0.15) is 31.3 Å². The van der Waals surface area contributed by atoms with Crippen molar-refractivity contribution in [1.29, 1.82) is 0 Å². The van der Waals surface area contributed by atoms with E-state index in [1.165, 1.54) is 0 Å². The zero-order chi connectivity index (χ0) is 17.1. The first-order valence-corrected chi connectivity index (χ1v) is 8.39. The molecule has 4 nitrogen and oxygen atoms in total. The predicted octanol–water partition coefficient (Wildman–Crippen LogP) is 4.06. The number of H-pyrrole nitrogens is 1. The molecular formula is C19H20ClN3O. The molecule has 0 aliphatic carbocycles. The average molecular weight is 342 g/mol. The van der Waals surface area contributed by atoms with Gasteiger partial charge in [0.25, 0.3) is 5.56 Å². The Hall–Kier alpha value is -2.17. The summed E-state index contributed by atoms with van der Waals surface area (Å²) in [5, 5.41) is 4.82. The van der Waals surface area contributed by atoms with Crippen molar-refractivity contribution in [2.24, 2.45) is 5.92 Å². The molecule has 0 aliphatic rings. The lowest BCUT2D eigenvalue weighted by Gasteiger charge is -2.23. The number of nitrogens with zero attached hydrogens (tertiary/aromatic N) is 1. The summed E-state index contributed by atoms with van der Waals surface area (Å²) in [6, 6.07) is 15.3. The van der Waals surface area contributed by atoms with Gasteiger partial charge in [0.1, 0.15) is 5.82 Å². The fourth-order valence-corrected chi connectivity index (χ4v) is 2.96. The van der Waals surface area contributed by atoms with Gasteiger partial charge in [0, 0.05) is 11.1 Å². The van der Waals surface area contributed by atoms with Crippen LogP contribution in [0, 0.1) is 5.92 Å². The second kappa shape index (κ2) is 7.16. The Morgan fingerprint density at radius 3 is 2.54 bits per heavy atom. The summed E-state index contributed by atoms with van der Waals surface area (Å²) in [5.74, 6) is 1.02. The molecule has 0 unspecified atom stereocenters. The van der Waals surface area contributed by atoms with E-state index in [9.17, 15) is 4.79 Å². The zero-order valence-electron chi connectivity index (χ0n) is 13.7. The normalized spacial score (nSPS) is 12.7. The van der Waals surface area contributed by atoms with Crippen molar-refractivity contribution in [1.82, 2.24) is 15.3 Å². The minimum Gasteiger partial charge on any atom is -0.309 e. The van der Waals surface area contributed by atoms with Crippen LogP contribution in [0.4, 0.5) is 0 Å². The van der Waals surface area contributed by atoms with Crippen LogP contribution in [0.3, 0.4) is 0 Å². The van der Waals surface area contributed by atoms with Gasteiger partial charge in [-0.3, -0.25) is 4.79 Å². The number of para-hydroxylation sites is 1. The number of nitrogens with one attached hydrogen (secondary N) is 2. The lowest BCUT2D eigenvalue weighted by atomic mass is 9.96. The van der Waals surface area contributed by atoms with E-state index in [4.69, 9.17) is 11.6 Å². The first-order valence-electron chi connectivity index (χ1n) is 8.01. The van der Waals surface area contributed by atoms with E-state index >= 15 is 0 Å². The molecule has 5 heteroatoms. The maximum atomic E-state index is 12.1. The van der Waals surface area contributed by atoms with E-state index in [-0.39, 0.29) is 11.6 Å². The largest absolute Gasteiger partial charge is 0.309 e. The maximum absolute atomic E-state index is 12.1. The average Bonchev–Trinajstić information content (AvgIpc) is 2.56. The summed E-state index contributed by atoms with van der Waals surface area (Å²) in [6.45, 7) is 4.80. The Bertz CT molecular complexity index is 887. The molecule has 1 heterocycles. The van der Waals surface area contributed by atoms with Crippen LogP contribution in [0.25, 0.3) is 10.9 Å². The molecular weight excluding hydrogens is 322 g/mol. The number of aromatic amines is 1. The summed E-state index contributed by atoms with van der Waals surface area (Å²) in [4.78, 5) is 19.5. The molecule has 0 fully saturated rings. The predicted molar refractivity (Wildman–Crippen MR) is 98.2 cm³/mol. The molecule has 0 amide bonds. The van der Waals surface area contributed by atoms with Crippen LogP contribution in [-0.2, 0) is 6.54 Å². The molecule has 0 saturated heterocycles. The number of rotatable bonds is 5. The van der Waals surface area contributed by atoms with E-state index < -0.39 is 0 Å². The summed E-state index contributed by atoms with van der Waals surface area (Å²) in [7, 11) is 0. The Morgan fingerprint density at radius 1 is 1.12 bits per heavy atom. The third-order valence-electron chi connectivity index (χ3n) is 4.05. The highest BCUT2D eigenvalue weighted by molar-refractivity contribution is 6.30. The fourth-order valence-electron chi connectivity index (χ4n) is 2.83. The van der Waals surface area contributed by atoms with Gasteiger partial charge < -0.3 is 10.3 Å². The number of hydrogen-bond acceptors (Lipinski definition) is 3. The van der Waals surface area contributed by atoms with Crippen molar-refractivity contribution in [3.8, 4) is 0 Å². The molecule has 0 spiro atoms. The topological polar surface area (TPSA) is 57.8 Å². The molecule has 0 aliphatic heterocycles. The molecule has 3 rings (SSSR count). The van der Waals surface area contributed by atoms with E-state index in [0.717, 1.165) is 10.6 Å². The van der Waals surface area contributed by atoms with Gasteiger partial charge in [-0.2, -0.15) is 0 Å². The Morgan fingerprint density at radius 2 is 1.83 bits per heavy atom. The van der Waals surface area contributed by atoms with Crippen LogP contribution in [0.2, 0.25) is 5.02 Å². The van der Waals surface area contributed by atoms with Gasteiger partial charge in [-0.15, -0.1) is 0 Å². The molecule has 0 bridgehead atoms. The lowest BCUT2D eigenvalue weighted by molar-refractivity contribution is 0.406. The van der Waals surface area contributed by atoms with Gasteiger partial charge in [-0.1, -0.05) is 49.7 Å². The van der Waals surface area contributed by atoms with Gasteiger partial charge in [0.05, 0.1) is 17.4 Å². The first kappa shape index (κ1) is 16.7. The van der Waals surface area contributed by atoms with Crippen LogP contribution in [0.15, 0.2) is 53.3 Å². The molecule has 124 valence electrons. The van der Waals surface area contributed by atoms with Crippen molar-refractivity contribution in [3.63, 3.8) is 0 Å². The summed E-state index contributed by atoms with van der Waals surface area (Å²) < 4.78 is 0. The monoisotopic (exact) mass is 341 g/mol. The Labute approximate surface area is 145 Å². The van der Waals surface area contributed by atoms with Gasteiger partial charge in [0.15, 0.2) is 0 Å². The number of halogens is 1. The van der Waals surface area contributed by atoms with E-state index in [1.807, 2.05) is 42.5 Å². The summed E-state index contributed by atoms with van der Waals surface area (Å²) >= 11 is 5.97. The third-order valence-corrected chi connectivity index (χ3v) is 4.30. The van der Waals surface area contributed by atoms with Crippen LogP contribution in [-0.4, -0.2) is 9.97 Å². The summed E-state index contributed by atoms with van der Waals surface area (Å²) in [6.07, 6.45) is 0. The van der Waals surface area contributed by atoms with E-state index in [2.05, 4.69) is 29.1 Å². The minimum absolute atomic E-state index is 0.106. The van der Waals surface area contributed by atoms with Gasteiger partial charge in [-0.25, -0.2) is 4.98 Å². The molecule has 3 aromatic rings. The molecule has 24 heavy (non-hydrogen) atoms. The fraction of sp³-hybridized carbons (Fsp3) is 0.263. The summed E-state index contributed by atoms with van der Waals surface area (Å²) in [5.41, 5.74) is 1.77. The van der Waals surface area contributed by atoms with Crippen molar-refractivity contribution in [3.05, 3.63) is 75.3 Å². The van der Waals surface area contributed by atoms with Crippen molar-refractivity contribution in [2.45, 2.75) is 26.4 Å². The first-order chi connectivity index (χ1) is 11.5. The molecule has 0 saturated carbocycles.